The largest absolute Gasteiger partial charge is 0.508 e. The molecule has 0 amide bonds. The number of phenolic OH excluding ortho intramolecular Hbond substituents is 4. The van der Waals surface area contributed by atoms with Gasteiger partial charge in [0, 0.05) is 12.1 Å². The summed E-state index contributed by atoms with van der Waals surface area (Å²) in [6.45, 7) is 0. The standard InChI is InChI=1S/C10H12.2C6H6O2.C3H3N3/c1-2-6-10-8-4-3-7-9(10)5-1;2*7-5-2-1-3-6(8)4-5;1-2-4-6-5-3-1/h1-2,5-6H,3-4,7-8H2;2*1-4,7-8H;1-3H. The minimum Gasteiger partial charge on any atom is -0.508 e. The minimum atomic E-state index is 0.0880. The maximum absolute atomic E-state index is 8.65. The maximum atomic E-state index is 8.65. The van der Waals surface area contributed by atoms with Crippen LogP contribution in [-0.2, 0) is 12.8 Å². The van der Waals surface area contributed by atoms with Gasteiger partial charge in [0.25, 0.3) is 0 Å². The fourth-order valence-corrected chi connectivity index (χ4v) is 2.87. The number of aryl methyl sites for hydroxylation is 2. The van der Waals surface area contributed by atoms with Gasteiger partial charge in [-0.05, 0) is 72.4 Å². The third-order valence-electron chi connectivity index (χ3n) is 4.33. The first-order chi connectivity index (χ1) is 15.5. The van der Waals surface area contributed by atoms with Crippen molar-refractivity contribution in [1.29, 1.82) is 0 Å². The van der Waals surface area contributed by atoms with Gasteiger partial charge in [0.2, 0.25) is 0 Å². The van der Waals surface area contributed by atoms with Gasteiger partial charge in [-0.2, -0.15) is 0 Å². The monoisotopic (exact) mass is 433 g/mol. The molecule has 166 valence electrons. The lowest BCUT2D eigenvalue weighted by molar-refractivity contribution is 0.449. The van der Waals surface area contributed by atoms with Crippen LogP contribution >= 0.6 is 0 Å². The molecule has 1 aliphatic carbocycles. The molecule has 1 heterocycles. The van der Waals surface area contributed by atoms with Crippen molar-refractivity contribution in [2.75, 3.05) is 0 Å². The van der Waals surface area contributed by atoms with Crippen LogP contribution in [0.15, 0.2) is 91.3 Å². The number of aromatic nitrogens is 3. The summed E-state index contributed by atoms with van der Waals surface area (Å²) in [4.78, 5) is 0. The smallest absolute Gasteiger partial charge is 0.119 e. The van der Waals surface area contributed by atoms with Crippen LogP contribution in [0, 0.1) is 0 Å². The Balaban J connectivity index is 0.000000154. The lowest BCUT2D eigenvalue weighted by Gasteiger charge is -2.13. The second-order valence-electron chi connectivity index (χ2n) is 6.83. The first-order valence-electron chi connectivity index (χ1n) is 10.2. The lowest BCUT2D eigenvalue weighted by atomic mass is 9.92. The Labute approximate surface area is 187 Å². The van der Waals surface area contributed by atoms with Crippen molar-refractivity contribution < 1.29 is 20.4 Å². The van der Waals surface area contributed by atoms with E-state index in [9.17, 15) is 0 Å². The molecule has 0 saturated carbocycles. The number of fused-ring (bicyclic) bond motifs is 1. The van der Waals surface area contributed by atoms with Crippen molar-refractivity contribution in [2.24, 2.45) is 0 Å². The molecule has 0 unspecified atom stereocenters. The molecule has 32 heavy (non-hydrogen) atoms. The topological polar surface area (TPSA) is 120 Å². The zero-order valence-corrected chi connectivity index (χ0v) is 17.6. The normalized spacial score (nSPS) is 11.1. The van der Waals surface area contributed by atoms with Gasteiger partial charge in [-0.25, -0.2) is 0 Å². The van der Waals surface area contributed by atoms with Crippen LogP contribution in [-0.4, -0.2) is 35.8 Å². The van der Waals surface area contributed by atoms with E-state index in [1.165, 1.54) is 62.1 Å². The van der Waals surface area contributed by atoms with Crippen LogP contribution in [0.5, 0.6) is 23.0 Å². The second-order valence-corrected chi connectivity index (χ2v) is 6.83. The number of benzene rings is 3. The van der Waals surface area contributed by atoms with E-state index in [4.69, 9.17) is 20.4 Å². The highest BCUT2D eigenvalue weighted by molar-refractivity contribution is 5.31. The molecule has 0 atom stereocenters. The summed E-state index contributed by atoms with van der Waals surface area (Å²) in [5.41, 5.74) is 3.16. The maximum Gasteiger partial charge on any atom is 0.119 e. The summed E-state index contributed by atoms with van der Waals surface area (Å²) in [5, 5.41) is 44.7. The van der Waals surface area contributed by atoms with Crippen LogP contribution in [0.1, 0.15) is 24.0 Å². The average Bonchev–Trinajstić information content (AvgIpc) is 2.81. The molecule has 0 spiro atoms. The molecule has 0 radical (unpaired) electrons. The quantitative estimate of drug-likeness (QED) is 0.319. The molecule has 0 fully saturated rings. The Morgan fingerprint density at radius 2 is 0.906 bits per heavy atom. The van der Waals surface area contributed by atoms with E-state index in [0.29, 0.717) is 0 Å². The minimum absolute atomic E-state index is 0.0880. The molecule has 5 rings (SSSR count). The fraction of sp³-hybridized carbons (Fsp3) is 0.160. The van der Waals surface area contributed by atoms with Crippen molar-refractivity contribution in [3.8, 4) is 23.0 Å². The Bertz CT molecular complexity index is 916. The van der Waals surface area contributed by atoms with Gasteiger partial charge in [-0.3, -0.25) is 0 Å². The van der Waals surface area contributed by atoms with Crippen molar-refractivity contribution >= 4 is 0 Å². The van der Waals surface area contributed by atoms with E-state index in [1.807, 2.05) is 0 Å². The molecule has 3 aromatic carbocycles. The van der Waals surface area contributed by atoms with E-state index >= 15 is 0 Å². The third-order valence-corrected chi connectivity index (χ3v) is 4.33. The molecule has 1 aliphatic rings. The summed E-state index contributed by atoms with van der Waals surface area (Å²) >= 11 is 0. The Morgan fingerprint density at radius 1 is 0.500 bits per heavy atom. The molecule has 4 N–H and O–H groups in total. The predicted octanol–water partition coefficient (Wildman–Crippen LogP) is 4.63. The summed E-state index contributed by atoms with van der Waals surface area (Å²) < 4.78 is 0. The van der Waals surface area contributed by atoms with Gasteiger partial charge >= 0.3 is 0 Å². The number of hydrogen-bond acceptors (Lipinski definition) is 7. The van der Waals surface area contributed by atoms with Gasteiger partial charge in [-0.1, -0.05) is 36.4 Å². The summed E-state index contributed by atoms with van der Waals surface area (Å²) in [5.74, 6) is 0.352. The van der Waals surface area contributed by atoms with E-state index in [0.717, 1.165) is 0 Å². The van der Waals surface area contributed by atoms with Gasteiger partial charge in [-0.15, -0.1) is 10.2 Å². The van der Waals surface area contributed by atoms with Crippen molar-refractivity contribution in [3.05, 3.63) is 102 Å². The lowest BCUT2D eigenvalue weighted by Crippen LogP contribution is -2.00. The Hall–Kier alpha value is -4.13. The molecular formula is C25H27N3O4. The highest BCUT2D eigenvalue weighted by Gasteiger charge is 2.06. The predicted molar refractivity (Wildman–Crippen MR) is 122 cm³/mol. The summed E-state index contributed by atoms with van der Waals surface area (Å²) in [6, 6.07) is 22.2. The number of phenols is 4. The van der Waals surface area contributed by atoms with Gasteiger partial charge in [0.1, 0.15) is 23.0 Å². The zero-order chi connectivity index (χ0) is 23.0. The first-order valence-corrected chi connectivity index (χ1v) is 10.2. The first kappa shape index (κ1) is 24.1. The van der Waals surface area contributed by atoms with Gasteiger partial charge in [0.05, 0.1) is 12.4 Å². The van der Waals surface area contributed by atoms with Crippen molar-refractivity contribution in [1.82, 2.24) is 15.4 Å². The second kappa shape index (κ2) is 14.0. The Kier molecular flexibility index (Phi) is 10.5. The zero-order valence-electron chi connectivity index (χ0n) is 17.6. The van der Waals surface area contributed by atoms with E-state index in [2.05, 4.69) is 39.7 Å². The SMILES string of the molecule is Oc1cccc(O)c1.Oc1cccc(O)c1.c1ccc2c(c1)CCCC2.c1cnnnc1. The molecular weight excluding hydrogens is 406 g/mol. The van der Waals surface area contributed by atoms with E-state index < -0.39 is 0 Å². The summed E-state index contributed by atoms with van der Waals surface area (Å²) in [6.07, 6.45) is 8.53. The molecule has 7 nitrogen and oxygen atoms in total. The summed E-state index contributed by atoms with van der Waals surface area (Å²) in [7, 11) is 0. The highest BCUT2D eigenvalue weighted by Crippen LogP contribution is 2.20. The number of nitrogens with zero attached hydrogens (tertiary/aromatic N) is 3. The molecule has 1 aromatic heterocycles. The average molecular weight is 434 g/mol. The number of rotatable bonds is 0. The van der Waals surface area contributed by atoms with Crippen LogP contribution in [0.25, 0.3) is 0 Å². The fourth-order valence-electron chi connectivity index (χ4n) is 2.87. The van der Waals surface area contributed by atoms with Crippen LogP contribution in [0.3, 0.4) is 0 Å². The molecule has 7 heteroatoms. The number of aromatic hydroxyl groups is 4. The molecule has 0 bridgehead atoms. The van der Waals surface area contributed by atoms with Crippen LogP contribution in [0.2, 0.25) is 0 Å². The highest BCUT2D eigenvalue weighted by atomic mass is 16.3. The van der Waals surface area contributed by atoms with Crippen LogP contribution < -0.4 is 0 Å². The van der Waals surface area contributed by atoms with Gasteiger partial charge in [0.15, 0.2) is 0 Å². The molecule has 4 aromatic rings. The van der Waals surface area contributed by atoms with E-state index in [-0.39, 0.29) is 23.0 Å². The Morgan fingerprint density at radius 3 is 1.16 bits per heavy atom. The van der Waals surface area contributed by atoms with Crippen molar-refractivity contribution in [3.63, 3.8) is 0 Å². The molecule has 0 aliphatic heterocycles. The van der Waals surface area contributed by atoms with Gasteiger partial charge < -0.3 is 20.4 Å². The van der Waals surface area contributed by atoms with Crippen LogP contribution in [0.4, 0.5) is 0 Å². The van der Waals surface area contributed by atoms with E-state index in [1.54, 1.807) is 41.7 Å². The number of hydrogen-bond donors (Lipinski definition) is 4. The third kappa shape index (κ3) is 10.1. The molecule has 0 saturated heterocycles. The van der Waals surface area contributed by atoms with Crippen molar-refractivity contribution in [2.45, 2.75) is 25.7 Å².